The first-order valence-electron chi connectivity index (χ1n) is 19.8. The van der Waals surface area contributed by atoms with Crippen molar-refractivity contribution in [2.24, 2.45) is 11.8 Å². The van der Waals surface area contributed by atoms with Crippen LogP contribution in [0.15, 0.2) is 0 Å². The first kappa shape index (κ1) is 41.0. The fourth-order valence-electron chi connectivity index (χ4n) is 6.38. The lowest BCUT2D eigenvalue weighted by molar-refractivity contribution is 0.256. The molecule has 1 nitrogen and oxygen atoms in total. The summed E-state index contributed by atoms with van der Waals surface area (Å²) in [5.74, 6) is 1.78. The third kappa shape index (κ3) is 36.1. The predicted octanol–water partition coefficient (Wildman–Crippen LogP) is 14.3. The Hall–Kier alpha value is -0.0400. The molecule has 0 aromatic carbocycles. The molecule has 0 atom stereocenters. The molecule has 0 aliphatic carbocycles. The zero-order valence-corrected chi connectivity index (χ0v) is 29.9. The first-order chi connectivity index (χ1) is 20.1. The number of hydrogen-bond donors (Lipinski definition) is 0. The van der Waals surface area contributed by atoms with Gasteiger partial charge in [0.1, 0.15) is 0 Å². The SMILES string of the molecule is CCCCN(CCCCCCCCCCCCCCCC(C)C)CCCCCCCCCCCCCCCC(C)C. The molecule has 0 spiro atoms. The lowest BCUT2D eigenvalue weighted by Gasteiger charge is -2.22. The monoisotopic (exact) mass is 578 g/mol. The van der Waals surface area contributed by atoms with Crippen molar-refractivity contribution in [3.8, 4) is 0 Å². The number of nitrogens with zero attached hydrogens (tertiary/aromatic N) is 1. The Labute approximate surface area is 263 Å². The summed E-state index contributed by atoms with van der Waals surface area (Å²) in [6, 6.07) is 0. The van der Waals surface area contributed by atoms with Crippen LogP contribution in [-0.4, -0.2) is 24.5 Å². The molecule has 0 aliphatic rings. The third-order valence-electron chi connectivity index (χ3n) is 9.34. The van der Waals surface area contributed by atoms with E-state index in [1.54, 1.807) is 0 Å². The van der Waals surface area contributed by atoms with Crippen LogP contribution in [0.1, 0.15) is 227 Å². The van der Waals surface area contributed by atoms with E-state index >= 15 is 0 Å². The summed E-state index contributed by atoms with van der Waals surface area (Å²) in [5, 5.41) is 0. The molecule has 0 saturated heterocycles. The summed E-state index contributed by atoms with van der Waals surface area (Å²) < 4.78 is 0. The molecule has 0 saturated carbocycles. The van der Waals surface area contributed by atoms with Gasteiger partial charge in [0.2, 0.25) is 0 Å². The zero-order chi connectivity index (χ0) is 30.1. The van der Waals surface area contributed by atoms with Gasteiger partial charge in [0.15, 0.2) is 0 Å². The maximum absolute atomic E-state index is 2.80. The number of unbranched alkanes of at least 4 members (excludes halogenated alkanes) is 25. The highest BCUT2D eigenvalue weighted by atomic mass is 15.1. The van der Waals surface area contributed by atoms with Crippen LogP contribution in [0.2, 0.25) is 0 Å². The predicted molar refractivity (Wildman–Crippen MR) is 190 cm³/mol. The second-order valence-electron chi connectivity index (χ2n) is 14.8. The Bertz CT molecular complexity index is 418. The standard InChI is InChI=1S/C40H83N/c1-6-7-36-41(37-32-28-24-20-16-12-8-10-14-18-22-26-30-34-39(2)3)38-33-29-25-21-17-13-9-11-15-19-23-27-31-35-40(4)5/h39-40H,6-38H2,1-5H3. The molecule has 0 N–H and O–H groups in total. The molecule has 0 aromatic rings. The van der Waals surface area contributed by atoms with Crippen LogP contribution in [0.3, 0.4) is 0 Å². The molecule has 1 heteroatoms. The Morgan fingerprint density at radius 1 is 0.293 bits per heavy atom. The van der Waals surface area contributed by atoms with Gasteiger partial charge in [-0.2, -0.15) is 0 Å². The minimum absolute atomic E-state index is 0.892. The smallest absolute Gasteiger partial charge is 0.00187 e. The maximum Gasteiger partial charge on any atom is -0.00187 e. The lowest BCUT2D eigenvalue weighted by Crippen LogP contribution is -2.27. The van der Waals surface area contributed by atoms with Crippen molar-refractivity contribution >= 4 is 0 Å². The van der Waals surface area contributed by atoms with E-state index in [2.05, 4.69) is 39.5 Å². The van der Waals surface area contributed by atoms with Crippen molar-refractivity contribution in [3.05, 3.63) is 0 Å². The molecule has 0 amide bonds. The van der Waals surface area contributed by atoms with Crippen LogP contribution in [-0.2, 0) is 0 Å². The van der Waals surface area contributed by atoms with Gasteiger partial charge >= 0.3 is 0 Å². The third-order valence-corrected chi connectivity index (χ3v) is 9.34. The van der Waals surface area contributed by atoms with E-state index in [1.807, 2.05) is 0 Å². The Kier molecular flexibility index (Phi) is 34.4. The van der Waals surface area contributed by atoms with Gasteiger partial charge in [-0.3, -0.25) is 0 Å². The Morgan fingerprint density at radius 3 is 0.756 bits per heavy atom. The Balaban J connectivity index is 3.46. The largest absolute Gasteiger partial charge is 0.303 e. The Morgan fingerprint density at radius 2 is 0.512 bits per heavy atom. The van der Waals surface area contributed by atoms with Gasteiger partial charge in [0.05, 0.1) is 0 Å². The van der Waals surface area contributed by atoms with E-state index < -0.39 is 0 Å². The number of hydrogen-bond acceptors (Lipinski definition) is 1. The van der Waals surface area contributed by atoms with Crippen LogP contribution >= 0.6 is 0 Å². The fraction of sp³-hybridized carbons (Fsp3) is 1.00. The molecule has 41 heavy (non-hydrogen) atoms. The minimum Gasteiger partial charge on any atom is -0.303 e. The highest BCUT2D eigenvalue weighted by molar-refractivity contribution is 4.60. The second-order valence-corrected chi connectivity index (χ2v) is 14.8. The number of rotatable bonds is 35. The van der Waals surface area contributed by atoms with E-state index in [-0.39, 0.29) is 0 Å². The molecule has 0 aliphatic heterocycles. The minimum atomic E-state index is 0.892. The molecule has 0 bridgehead atoms. The average molecular weight is 578 g/mol. The summed E-state index contributed by atoms with van der Waals surface area (Å²) in [6.45, 7) is 15.8. The van der Waals surface area contributed by atoms with Gasteiger partial charge in [-0.25, -0.2) is 0 Å². The molecule has 0 unspecified atom stereocenters. The molecule has 0 radical (unpaired) electrons. The van der Waals surface area contributed by atoms with Crippen molar-refractivity contribution in [2.75, 3.05) is 19.6 Å². The molecule has 0 aromatic heterocycles. The quantitative estimate of drug-likeness (QED) is 0.0677. The fourth-order valence-corrected chi connectivity index (χ4v) is 6.38. The van der Waals surface area contributed by atoms with Crippen molar-refractivity contribution < 1.29 is 0 Å². The van der Waals surface area contributed by atoms with E-state index in [1.165, 1.54) is 212 Å². The first-order valence-corrected chi connectivity index (χ1v) is 19.8. The van der Waals surface area contributed by atoms with Gasteiger partial charge in [0, 0.05) is 0 Å². The molecule has 248 valence electrons. The molecule has 0 rings (SSSR count). The molecular weight excluding hydrogens is 494 g/mol. The molecule has 0 fully saturated rings. The summed E-state index contributed by atoms with van der Waals surface area (Å²) in [4.78, 5) is 2.80. The summed E-state index contributed by atoms with van der Waals surface area (Å²) in [7, 11) is 0. The van der Waals surface area contributed by atoms with Crippen LogP contribution in [0, 0.1) is 11.8 Å². The molecular formula is C40H83N. The van der Waals surface area contributed by atoms with Gasteiger partial charge in [-0.1, -0.05) is 208 Å². The maximum atomic E-state index is 2.80. The van der Waals surface area contributed by atoms with E-state index in [9.17, 15) is 0 Å². The lowest BCUT2D eigenvalue weighted by atomic mass is 10.0. The van der Waals surface area contributed by atoms with Crippen molar-refractivity contribution in [1.29, 1.82) is 0 Å². The van der Waals surface area contributed by atoms with E-state index in [4.69, 9.17) is 0 Å². The van der Waals surface area contributed by atoms with E-state index in [0.29, 0.717) is 0 Å². The summed E-state index contributed by atoms with van der Waals surface area (Å²) in [5.41, 5.74) is 0. The topological polar surface area (TPSA) is 3.24 Å². The highest BCUT2D eigenvalue weighted by Crippen LogP contribution is 2.16. The van der Waals surface area contributed by atoms with Gasteiger partial charge < -0.3 is 4.90 Å². The van der Waals surface area contributed by atoms with Gasteiger partial charge in [-0.15, -0.1) is 0 Å². The summed E-state index contributed by atoms with van der Waals surface area (Å²) >= 11 is 0. The van der Waals surface area contributed by atoms with Crippen LogP contribution < -0.4 is 0 Å². The van der Waals surface area contributed by atoms with Crippen molar-refractivity contribution in [3.63, 3.8) is 0 Å². The van der Waals surface area contributed by atoms with Crippen molar-refractivity contribution in [2.45, 2.75) is 227 Å². The average Bonchev–Trinajstić information content (AvgIpc) is 2.94. The van der Waals surface area contributed by atoms with Crippen LogP contribution in [0.4, 0.5) is 0 Å². The molecule has 0 heterocycles. The van der Waals surface area contributed by atoms with Crippen LogP contribution in [0.25, 0.3) is 0 Å². The van der Waals surface area contributed by atoms with Crippen LogP contribution in [0.5, 0.6) is 0 Å². The van der Waals surface area contributed by atoms with Crippen molar-refractivity contribution in [1.82, 2.24) is 4.90 Å². The second kappa shape index (κ2) is 34.5. The van der Waals surface area contributed by atoms with Gasteiger partial charge in [-0.05, 0) is 50.7 Å². The highest BCUT2D eigenvalue weighted by Gasteiger charge is 2.04. The van der Waals surface area contributed by atoms with Gasteiger partial charge in [0.25, 0.3) is 0 Å². The normalized spacial score (nSPS) is 12.0. The summed E-state index contributed by atoms with van der Waals surface area (Å²) in [6.07, 6.45) is 43.8. The van der Waals surface area contributed by atoms with E-state index in [0.717, 1.165) is 11.8 Å². The zero-order valence-electron chi connectivity index (χ0n) is 29.9.